The van der Waals surface area contributed by atoms with Gasteiger partial charge in [-0.15, -0.1) is 0 Å². The Bertz CT molecular complexity index is 829. The molecular weight excluding hydrogens is 299 g/mol. The Kier molecular flexibility index (Phi) is 4.62. The number of benzene rings is 2. The fraction of sp³-hybridized carbons (Fsp3) is 0.0476. The number of halogens is 1. The first-order valence-corrected chi connectivity index (χ1v) is 7.74. The van der Waals surface area contributed by atoms with Crippen molar-refractivity contribution in [3.05, 3.63) is 114 Å². The van der Waals surface area contributed by atoms with E-state index in [-0.39, 0.29) is 5.82 Å². The van der Waals surface area contributed by atoms with Gasteiger partial charge in [-0.2, -0.15) is 0 Å². The molecule has 0 unspecified atom stereocenters. The predicted molar refractivity (Wildman–Crippen MR) is 97.3 cm³/mol. The fourth-order valence-corrected chi connectivity index (χ4v) is 2.63. The van der Waals surface area contributed by atoms with Gasteiger partial charge in [-0.1, -0.05) is 49.6 Å². The highest BCUT2D eigenvalue weighted by Crippen LogP contribution is 2.21. The summed E-state index contributed by atoms with van der Waals surface area (Å²) in [6.45, 7) is 8.05. The molecule has 2 N–H and O–H groups in total. The van der Waals surface area contributed by atoms with Crippen LogP contribution < -0.4 is 10.6 Å². The second-order valence-electron chi connectivity index (χ2n) is 5.67. The topological polar surface area (TPSA) is 24.1 Å². The van der Waals surface area contributed by atoms with E-state index < -0.39 is 0 Å². The highest BCUT2D eigenvalue weighted by molar-refractivity contribution is 5.67. The number of hydrogen-bond acceptors (Lipinski definition) is 2. The fourth-order valence-electron chi connectivity index (χ4n) is 2.63. The molecule has 0 amide bonds. The Morgan fingerprint density at radius 3 is 2.58 bits per heavy atom. The Balaban J connectivity index is 1.80. The van der Waals surface area contributed by atoms with Crippen LogP contribution in [0.1, 0.15) is 16.7 Å². The quantitative estimate of drug-likeness (QED) is 0.848. The first kappa shape index (κ1) is 15.8. The lowest BCUT2D eigenvalue weighted by Crippen LogP contribution is -2.16. The number of nitrogens with one attached hydrogen (secondary N) is 2. The molecule has 3 heteroatoms. The third-order valence-corrected chi connectivity index (χ3v) is 3.81. The first-order valence-electron chi connectivity index (χ1n) is 7.74. The highest BCUT2D eigenvalue weighted by atomic mass is 19.1. The van der Waals surface area contributed by atoms with E-state index >= 15 is 0 Å². The van der Waals surface area contributed by atoms with E-state index in [2.05, 4.69) is 29.9 Å². The maximum Gasteiger partial charge on any atom is 0.123 e. The smallest absolute Gasteiger partial charge is 0.123 e. The highest BCUT2D eigenvalue weighted by Gasteiger charge is 2.08. The van der Waals surface area contributed by atoms with Crippen LogP contribution in [-0.4, -0.2) is 0 Å². The van der Waals surface area contributed by atoms with Crippen molar-refractivity contribution >= 4 is 5.70 Å². The van der Waals surface area contributed by atoms with E-state index in [0.29, 0.717) is 0 Å². The number of allylic oxidation sites excluding steroid dienone is 2. The molecule has 120 valence electrons. The SMILES string of the molecule is C=C1C=C(NC(=C)c2ccccc2Cc2ccc(F)cc2)C=CN1. The van der Waals surface area contributed by atoms with Crippen molar-refractivity contribution < 1.29 is 4.39 Å². The molecule has 0 bridgehead atoms. The van der Waals surface area contributed by atoms with Gasteiger partial charge in [-0.25, -0.2) is 4.39 Å². The summed E-state index contributed by atoms with van der Waals surface area (Å²) in [5.41, 5.74) is 5.82. The Morgan fingerprint density at radius 2 is 1.83 bits per heavy atom. The Morgan fingerprint density at radius 1 is 1.08 bits per heavy atom. The predicted octanol–water partition coefficient (Wildman–Crippen LogP) is 4.49. The molecule has 24 heavy (non-hydrogen) atoms. The van der Waals surface area contributed by atoms with Crippen LogP contribution in [0.4, 0.5) is 4.39 Å². The zero-order chi connectivity index (χ0) is 16.9. The van der Waals surface area contributed by atoms with Crippen LogP contribution in [0.5, 0.6) is 0 Å². The van der Waals surface area contributed by atoms with Gasteiger partial charge in [0.15, 0.2) is 0 Å². The molecule has 0 saturated carbocycles. The molecule has 0 aliphatic carbocycles. The lowest BCUT2D eigenvalue weighted by Gasteiger charge is -2.17. The van der Waals surface area contributed by atoms with E-state index in [1.807, 2.05) is 48.7 Å². The third-order valence-electron chi connectivity index (χ3n) is 3.81. The summed E-state index contributed by atoms with van der Waals surface area (Å²) in [6.07, 6.45) is 6.42. The van der Waals surface area contributed by atoms with Crippen molar-refractivity contribution in [1.29, 1.82) is 0 Å². The maximum absolute atomic E-state index is 13.1. The third kappa shape index (κ3) is 3.82. The summed E-state index contributed by atoms with van der Waals surface area (Å²) in [4.78, 5) is 0. The van der Waals surface area contributed by atoms with Crippen LogP contribution >= 0.6 is 0 Å². The average molecular weight is 318 g/mol. The summed E-state index contributed by atoms with van der Waals surface area (Å²) in [5.74, 6) is -0.219. The monoisotopic (exact) mass is 318 g/mol. The van der Waals surface area contributed by atoms with Gasteiger partial charge in [0.05, 0.1) is 0 Å². The van der Waals surface area contributed by atoms with Crippen LogP contribution in [0.3, 0.4) is 0 Å². The molecule has 1 aliphatic heterocycles. The van der Waals surface area contributed by atoms with Crippen LogP contribution in [0.25, 0.3) is 5.70 Å². The summed E-state index contributed by atoms with van der Waals surface area (Å²) in [7, 11) is 0. The molecule has 0 spiro atoms. The van der Waals surface area contributed by atoms with E-state index in [1.54, 1.807) is 0 Å². The molecule has 2 aromatic carbocycles. The number of dihydropyridines is 1. The molecule has 1 aliphatic rings. The minimum atomic E-state index is -0.219. The van der Waals surface area contributed by atoms with Crippen molar-refractivity contribution in [2.75, 3.05) is 0 Å². The van der Waals surface area contributed by atoms with Crippen LogP contribution in [0.2, 0.25) is 0 Å². The van der Waals surface area contributed by atoms with Crippen molar-refractivity contribution in [3.63, 3.8) is 0 Å². The molecule has 3 rings (SSSR count). The zero-order valence-corrected chi connectivity index (χ0v) is 13.4. The lowest BCUT2D eigenvalue weighted by atomic mass is 9.98. The van der Waals surface area contributed by atoms with Gasteiger partial charge in [-0.05, 0) is 41.8 Å². The zero-order valence-electron chi connectivity index (χ0n) is 13.4. The second kappa shape index (κ2) is 7.01. The molecule has 0 aromatic heterocycles. The standard InChI is InChI=1S/C21H19FN2/c1-15-13-20(11-12-23-15)24-16(2)21-6-4-3-5-18(21)14-17-7-9-19(22)10-8-17/h3-13,23-24H,1-2,14H2. The van der Waals surface area contributed by atoms with E-state index in [1.165, 1.54) is 12.1 Å². The minimum absolute atomic E-state index is 0.219. The van der Waals surface area contributed by atoms with Crippen molar-refractivity contribution in [3.8, 4) is 0 Å². The lowest BCUT2D eigenvalue weighted by molar-refractivity contribution is 0.627. The summed E-state index contributed by atoms with van der Waals surface area (Å²) >= 11 is 0. The van der Waals surface area contributed by atoms with Gasteiger partial charge in [0.2, 0.25) is 0 Å². The van der Waals surface area contributed by atoms with Crippen molar-refractivity contribution in [2.24, 2.45) is 0 Å². The van der Waals surface area contributed by atoms with Gasteiger partial charge in [0.1, 0.15) is 5.82 Å². The first-order chi connectivity index (χ1) is 11.6. The van der Waals surface area contributed by atoms with Gasteiger partial charge in [0.25, 0.3) is 0 Å². The van der Waals surface area contributed by atoms with E-state index in [4.69, 9.17) is 0 Å². The largest absolute Gasteiger partial charge is 0.362 e. The van der Waals surface area contributed by atoms with E-state index in [0.717, 1.165) is 40.2 Å². The van der Waals surface area contributed by atoms with Gasteiger partial charge in [-0.3, -0.25) is 0 Å². The second-order valence-corrected chi connectivity index (χ2v) is 5.67. The average Bonchev–Trinajstić information content (AvgIpc) is 2.57. The molecule has 0 saturated heterocycles. The number of rotatable bonds is 5. The molecule has 0 radical (unpaired) electrons. The van der Waals surface area contributed by atoms with Crippen LogP contribution in [-0.2, 0) is 6.42 Å². The summed E-state index contributed by atoms with van der Waals surface area (Å²) in [6, 6.07) is 14.7. The van der Waals surface area contributed by atoms with Crippen molar-refractivity contribution in [1.82, 2.24) is 10.6 Å². The Hall–Kier alpha value is -3.07. The van der Waals surface area contributed by atoms with Crippen molar-refractivity contribution in [2.45, 2.75) is 6.42 Å². The molecular formula is C21H19FN2. The van der Waals surface area contributed by atoms with Crippen LogP contribution in [0, 0.1) is 5.82 Å². The van der Waals surface area contributed by atoms with Gasteiger partial charge >= 0.3 is 0 Å². The molecule has 0 atom stereocenters. The van der Waals surface area contributed by atoms with E-state index in [9.17, 15) is 4.39 Å². The van der Waals surface area contributed by atoms with Gasteiger partial charge < -0.3 is 10.6 Å². The van der Waals surface area contributed by atoms with Crippen LogP contribution in [0.15, 0.2) is 91.4 Å². The normalized spacial score (nSPS) is 13.2. The van der Waals surface area contributed by atoms with Gasteiger partial charge in [0, 0.05) is 28.9 Å². The Labute approximate surface area is 141 Å². The summed E-state index contributed by atoms with van der Waals surface area (Å²) in [5, 5.41) is 6.34. The molecule has 1 heterocycles. The summed E-state index contributed by atoms with van der Waals surface area (Å²) < 4.78 is 13.1. The molecule has 2 aromatic rings. The minimum Gasteiger partial charge on any atom is -0.362 e. The molecule has 2 nitrogen and oxygen atoms in total. The molecule has 0 fully saturated rings. The maximum atomic E-state index is 13.1. The number of hydrogen-bond donors (Lipinski definition) is 2.